The van der Waals surface area contributed by atoms with E-state index in [9.17, 15) is 19.8 Å². The van der Waals surface area contributed by atoms with Crippen LogP contribution in [0, 0.1) is 0 Å². The van der Waals surface area contributed by atoms with Crippen molar-refractivity contribution in [3.63, 3.8) is 0 Å². The van der Waals surface area contributed by atoms with E-state index >= 15 is 0 Å². The first-order valence-corrected chi connectivity index (χ1v) is 23.3. The molecule has 0 radical (unpaired) electrons. The number of amides is 1. The van der Waals surface area contributed by atoms with E-state index in [0.717, 1.165) is 70.6 Å². The number of rotatable bonds is 39. The fourth-order valence-electron chi connectivity index (χ4n) is 6.21. The minimum Gasteiger partial charge on any atom is -0.462 e. The Morgan fingerprint density at radius 2 is 1.00 bits per heavy atom. The van der Waals surface area contributed by atoms with Crippen LogP contribution in [-0.4, -0.2) is 46.9 Å². The van der Waals surface area contributed by atoms with Crippen LogP contribution in [0.5, 0.6) is 0 Å². The third-order valence-corrected chi connectivity index (χ3v) is 9.68. The standard InChI is InChI=1S/C53H85NO5/c1-4-7-10-13-16-19-22-24-25-26-28-31-34-37-40-43-46-53(58)59-49(44-41-38-35-32-30-27-23-20-17-14-11-8-5-2)47-52(57)54-50(48-55)51(56)45-42-39-36-33-29-21-18-15-12-9-6-3/h7-8,10-11,14,16-17,19-20,23-25,27-28,30-32,35,37,40,49-51,55-56H,4-6,9,12-13,15,18,21-22,26,29,33-34,36,38-39,41-48H2,1-3H3,(H,54,57)/b10-7+,11-8+,17-14+,19-16+,23-20-,25-24+,30-27-,31-28+,35-32+,40-37+. The Morgan fingerprint density at radius 3 is 1.53 bits per heavy atom. The van der Waals surface area contributed by atoms with Gasteiger partial charge in [0.2, 0.25) is 5.91 Å². The van der Waals surface area contributed by atoms with Gasteiger partial charge in [0.1, 0.15) is 6.10 Å². The second-order valence-electron chi connectivity index (χ2n) is 15.2. The lowest BCUT2D eigenvalue weighted by Crippen LogP contribution is -2.46. The quantitative estimate of drug-likeness (QED) is 0.0249. The number of hydrogen-bond acceptors (Lipinski definition) is 5. The van der Waals surface area contributed by atoms with Crippen molar-refractivity contribution < 1.29 is 24.5 Å². The number of aliphatic hydroxyl groups is 2. The van der Waals surface area contributed by atoms with E-state index in [1.54, 1.807) is 0 Å². The molecule has 1 amide bonds. The van der Waals surface area contributed by atoms with Crippen molar-refractivity contribution in [3.05, 3.63) is 122 Å². The lowest BCUT2D eigenvalue weighted by Gasteiger charge is -2.24. The Balaban J connectivity index is 4.87. The Morgan fingerprint density at radius 1 is 0.525 bits per heavy atom. The number of ether oxygens (including phenoxy) is 1. The summed E-state index contributed by atoms with van der Waals surface area (Å²) in [5, 5.41) is 23.6. The zero-order valence-corrected chi connectivity index (χ0v) is 37.6. The summed E-state index contributed by atoms with van der Waals surface area (Å²) in [5.74, 6) is -0.662. The van der Waals surface area contributed by atoms with Crippen LogP contribution < -0.4 is 5.32 Å². The molecule has 0 aromatic rings. The molecular weight excluding hydrogens is 731 g/mol. The minimum absolute atomic E-state index is 0.00948. The van der Waals surface area contributed by atoms with Crippen molar-refractivity contribution in [2.24, 2.45) is 0 Å². The topological polar surface area (TPSA) is 95.9 Å². The number of carbonyl (C=O) groups is 2. The van der Waals surface area contributed by atoms with E-state index in [-0.39, 0.29) is 31.3 Å². The molecule has 6 heteroatoms. The highest BCUT2D eigenvalue weighted by Crippen LogP contribution is 2.15. The Kier molecular flexibility index (Phi) is 42.5. The van der Waals surface area contributed by atoms with Gasteiger partial charge >= 0.3 is 5.97 Å². The van der Waals surface area contributed by atoms with Gasteiger partial charge in [-0.25, -0.2) is 0 Å². The molecule has 0 spiro atoms. The minimum atomic E-state index is -0.825. The zero-order valence-electron chi connectivity index (χ0n) is 37.6. The molecule has 3 unspecified atom stereocenters. The van der Waals surface area contributed by atoms with Crippen molar-refractivity contribution in [2.45, 2.75) is 193 Å². The molecule has 3 atom stereocenters. The molecule has 0 saturated heterocycles. The summed E-state index contributed by atoms with van der Waals surface area (Å²) in [4.78, 5) is 26.0. The molecule has 0 aromatic carbocycles. The largest absolute Gasteiger partial charge is 0.462 e. The van der Waals surface area contributed by atoms with Gasteiger partial charge in [-0.1, -0.05) is 213 Å². The summed E-state index contributed by atoms with van der Waals surface area (Å²) in [5.41, 5.74) is 0. The summed E-state index contributed by atoms with van der Waals surface area (Å²) in [6, 6.07) is -0.746. The molecular formula is C53H85NO5. The SMILES string of the molecule is CC/C=C/C=C/C=C\C=C/C=C/CCCC(CC(=O)NC(CO)C(O)CCCCCCCCCCCCC)OC(=O)CC/C=C/C/C=C/C/C=C/C/C=C/C/C=C/CC. The predicted molar refractivity (Wildman–Crippen MR) is 254 cm³/mol. The molecule has 0 saturated carbocycles. The van der Waals surface area contributed by atoms with Crippen LogP contribution in [0.15, 0.2) is 122 Å². The Hall–Kier alpha value is -3.74. The molecule has 0 heterocycles. The summed E-state index contributed by atoms with van der Waals surface area (Å²) in [6.07, 6.45) is 62.7. The van der Waals surface area contributed by atoms with Crippen LogP contribution in [-0.2, 0) is 14.3 Å². The fourth-order valence-corrected chi connectivity index (χ4v) is 6.21. The van der Waals surface area contributed by atoms with E-state index in [2.05, 4.69) is 92.9 Å². The first kappa shape index (κ1) is 55.3. The smallest absolute Gasteiger partial charge is 0.306 e. The van der Waals surface area contributed by atoms with Crippen LogP contribution in [0.4, 0.5) is 0 Å². The van der Waals surface area contributed by atoms with Gasteiger partial charge in [-0.2, -0.15) is 0 Å². The third-order valence-electron chi connectivity index (χ3n) is 9.68. The third kappa shape index (κ3) is 40.8. The van der Waals surface area contributed by atoms with Crippen LogP contribution in [0.25, 0.3) is 0 Å². The van der Waals surface area contributed by atoms with E-state index in [1.807, 2.05) is 54.7 Å². The van der Waals surface area contributed by atoms with E-state index in [0.29, 0.717) is 19.3 Å². The van der Waals surface area contributed by atoms with E-state index in [4.69, 9.17) is 4.74 Å². The van der Waals surface area contributed by atoms with Crippen molar-refractivity contribution >= 4 is 11.9 Å². The average Bonchev–Trinajstić information content (AvgIpc) is 3.23. The lowest BCUT2D eigenvalue weighted by atomic mass is 10.0. The lowest BCUT2D eigenvalue weighted by molar-refractivity contribution is -0.150. The Bertz CT molecular complexity index is 1280. The molecule has 0 rings (SSSR count). The van der Waals surface area contributed by atoms with Gasteiger partial charge in [-0.3, -0.25) is 9.59 Å². The number of aliphatic hydroxyl groups excluding tert-OH is 2. The first-order valence-electron chi connectivity index (χ1n) is 23.3. The van der Waals surface area contributed by atoms with Crippen molar-refractivity contribution in [1.29, 1.82) is 0 Å². The highest BCUT2D eigenvalue weighted by Gasteiger charge is 2.23. The summed E-state index contributed by atoms with van der Waals surface area (Å²) in [7, 11) is 0. The van der Waals surface area contributed by atoms with E-state index in [1.165, 1.54) is 51.4 Å². The van der Waals surface area contributed by atoms with Crippen molar-refractivity contribution in [3.8, 4) is 0 Å². The molecule has 3 N–H and O–H groups in total. The van der Waals surface area contributed by atoms with Gasteiger partial charge in [0, 0.05) is 6.42 Å². The molecule has 59 heavy (non-hydrogen) atoms. The van der Waals surface area contributed by atoms with Crippen LogP contribution in [0.1, 0.15) is 175 Å². The number of carbonyl (C=O) groups excluding carboxylic acids is 2. The molecule has 0 bridgehead atoms. The maximum Gasteiger partial charge on any atom is 0.306 e. The van der Waals surface area contributed by atoms with Gasteiger partial charge < -0.3 is 20.3 Å². The Labute approximate surface area is 361 Å². The van der Waals surface area contributed by atoms with Crippen molar-refractivity contribution in [1.82, 2.24) is 5.32 Å². The number of unbranched alkanes of at least 4 members (excludes halogenated alkanes) is 11. The summed E-state index contributed by atoms with van der Waals surface area (Å²) >= 11 is 0. The molecule has 0 aromatic heterocycles. The highest BCUT2D eigenvalue weighted by molar-refractivity contribution is 5.77. The number of allylic oxidation sites excluding steroid dienone is 20. The van der Waals surface area contributed by atoms with Crippen LogP contribution in [0.3, 0.4) is 0 Å². The maximum atomic E-state index is 13.1. The monoisotopic (exact) mass is 816 g/mol. The van der Waals surface area contributed by atoms with Gasteiger partial charge in [-0.15, -0.1) is 0 Å². The normalized spacial score (nSPS) is 14.5. The summed E-state index contributed by atoms with van der Waals surface area (Å²) < 4.78 is 5.83. The molecule has 6 nitrogen and oxygen atoms in total. The second-order valence-corrected chi connectivity index (χ2v) is 15.2. The number of esters is 1. The molecule has 332 valence electrons. The fraction of sp³-hybridized carbons (Fsp3) is 0.585. The number of nitrogens with one attached hydrogen (secondary N) is 1. The second kappa shape index (κ2) is 45.3. The van der Waals surface area contributed by atoms with Crippen LogP contribution in [0.2, 0.25) is 0 Å². The first-order chi connectivity index (χ1) is 29.0. The van der Waals surface area contributed by atoms with Crippen LogP contribution >= 0.6 is 0 Å². The predicted octanol–water partition coefficient (Wildman–Crippen LogP) is 13.7. The van der Waals surface area contributed by atoms with E-state index < -0.39 is 18.2 Å². The number of hydrogen-bond donors (Lipinski definition) is 3. The molecule has 0 aliphatic carbocycles. The molecule has 0 aliphatic rings. The highest BCUT2D eigenvalue weighted by atomic mass is 16.5. The molecule has 0 aliphatic heterocycles. The summed E-state index contributed by atoms with van der Waals surface area (Å²) in [6.45, 7) is 6.15. The maximum absolute atomic E-state index is 13.1. The zero-order chi connectivity index (χ0) is 43.1. The van der Waals surface area contributed by atoms with Gasteiger partial charge in [0.15, 0.2) is 0 Å². The van der Waals surface area contributed by atoms with Gasteiger partial charge in [0.05, 0.1) is 25.2 Å². The van der Waals surface area contributed by atoms with Crippen molar-refractivity contribution in [2.75, 3.05) is 6.61 Å². The van der Waals surface area contributed by atoms with Gasteiger partial charge in [0.25, 0.3) is 0 Å². The van der Waals surface area contributed by atoms with Gasteiger partial charge in [-0.05, 0) is 70.6 Å². The average molecular weight is 816 g/mol. The molecule has 0 fully saturated rings.